The van der Waals surface area contributed by atoms with E-state index in [9.17, 15) is 4.79 Å². The Hall–Kier alpha value is -2.20. The number of benzene rings is 2. The third kappa shape index (κ3) is 2.81. The molecule has 104 valence electrons. The van der Waals surface area contributed by atoms with Gasteiger partial charge in [-0.15, -0.1) is 0 Å². The van der Waals surface area contributed by atoms with Crippen LogP contribution in [0.2, 0.25) is 0 Å². The summed E-state index contributed by atoms with van der Waals surface area (Å²) in [5.41, 5.74) is 3.14. The van der Waals surface area contributed by atoms with Crippen molar-refractivity contribution in [2.24, 2.45) is 0 Å². The van der Waals surface area contributed by atoms with E-state index in [0.717, 1.165) is 21.1 Å². The summed E-state index contributed by atoms with van der Waals surface area (Å²) in [6, 6.07) is 15.1. The summed E-state index contributed by atoms with van der Waals surface area (Å²) in [5, 5.41) is 3.87. The zero-order chi connectivity index (χ0) is 14.8. The number of halogens is 1. The predicted octanol–water partition coefficient (Wildman–Crippen LogP) is 4.56. The second-order valence-electron chi connectivity index (χ2n) is 4.80. The van der Waals surface area contributed by atoms with Crippen molar-refractivity contribution in [1.29, 1.82) is 0 Å². The van der Waals surface area contributed by atoms with Crippen molar-refractivity contribution in [3.63, 3.8) is 0 Å². The summed E-state index contributed by atoms with van der Waals surface area (Å²) in [6.07, 6.45) is 1.70. The molecule has 0 aliphatic carbocycles. The van der Waals surface area contributed by atoms with E-state index >= 15 is 0 Å². The van der Waals surface area contributed by atoms with Crippen molar-refractivity contribution in [3.8, 4) is 0 Å². The Morgan fingerprint density at radius 3 is 2.76 bits per heavy atom. The predicted molar refractivity (Wildman–Crippen MR) is 88.6 cm³/mol. The smallest absolute Gasteiger partial charge is 0.257 e. The molecule has 0 spiro atoms. The van der Waals surface area contributed by atoms with E-state index in [1.807, 2.05) is 49.4 Å². The summed E-state index contributed by atoms with van der Waals surface area (Å²) in [7, 11) is 0. The number of carbonyl (C=O) groups is 1. The summed E-state index contributed by atoms with van der Waals surface area (Å²) < 4.78 is 1.02. The molecule has 0 radical (unpaired) electrons. The molecule has 4 heteroatoms. The molecular weight excluding hydrogens is 328 g/mol. The van der Waals surface area contributed by atoms with Crippen molar-refractivity contribution in [2.45, 2.75) is 6.92 Å². The van der Waals surface area contributed by atoms with Crippen molar-refractivity contribution in [2.75, 3.05) is 5.32 Å². The number of amides is 1. The maximum atomic E-state index is 12.5. The molecule has 3 nitrogen and oxygen atoms in total. The zero-order valence-electron chi connectivity index (χ0n) is 11.4. The fourth-order valence-electron chi connectivity index (χ4n) is 2.21. The molecule has 21 heavy (non-hydrogen) atoms. The molecule has 1 N–H and O–H groups in total. The van der Waals surface area contributed by atoms with Gasteiger partial charge < -0.3 is 5.32 Å². The van der Waals surface area contributed by atoms with E-state index in [-0.39, 0.29) is 5.91 Å². The van der Waals surface area contributed by atoms with Gasteiger partial charge in [0, 0.05) is 21.7 Å². The van der Waals surface area contributed by atoms with Gasteiger partial charge in [-0.3, -0.25) is 9.78 Å². The highest BCUT2D eigenvalue weighted by atomic mass is 79.9. The van der Waals surface area contributed by atoms with E-state index < -0.39 is 0 Å². The standard InChI is InChI=1S/C17H13BrN2O/c1-11-10-13(7-8-15(11)18)20-17(21)14-6-2-4-12-5-3-9-19-16(12)14/h2-10H,1H3,(H,20,21). The molecule has 0 aliphatic heterocycles. The number of carbonyl (C=O) groups excluding carboxylic acids is 1. The van der Waals surface area contributed by atoms with Crippen LogP contribution in [0.25, 0.3) is 10.9 Å². The lowest BCUT2D eigenvalue weighted by Crippen LogP contribution is -2.12. The van der Waals surface area contributed by atoms with Gasteiger partial charge in [-0.25, -0.2) is 0 Å². The Morgan fingerprint density at radius 2 is 1.95 bits per heavy atom. The summed E-state index contributed by atoms with van der Waals surface area (Å²) >= 11 is 3.45. The maximum Gasteiger partial charge on any atom is 0.257 e. The zero-order valence-corrected chi connectivity index (χ0v) is 13.0. The number of hydrogen-bond donors (Lipinski definition) is 1. The Morgan fingerprint density at radius 1 is 1.14 bits per heavy atom. The second kappa shape index (κ2) is 5.66. The van der Waals surface area contributed by atoms with Crippen molar-refractivity contribution in [3.05, 3.63) is 70.3 Å². The molecule has 0 aliphatic rings. The first-order chi connectivity index (χ1) is 10.1. The Balaban J connectivity index is 1.95. The van der Waals surface area contributed by atoms with Crippen LogP contribution in [0.4, 0.5) is 5.69 Å². The first kappa shape index (κ1) is 13.8. The number of rotatable bonds is 2. The van der Waals surface area contributed by atoms with Gasteiger partial charge in [-0.2, -0.15) is 0 Å². The third-order valence-electron chi connectivity index (χ3n) is 3.29. The number of pyridine rings is 1. The topological polar surface area (TPSA) is 42.0 Å². The van der Waals surface area contributed by atoms with Gasteiger partial charge in [-0.05, 0) is 42.8 Å². The number of aromatic nitrogens is 1. The summed E-state index contributed by atoms with van der Waals surface area (Å²) in [4.78, 5) is 16.8. The molecule has 0 atom stereocenters. The van der Waals surface area contributed by atoms with Crippen LogP contribution in [-0.4, -0.2) is 10.9 Å². The fourth-order valence-corrected chi connectivity index (χ4v) is 2.45. The number of hydrogen-bond acceptors (Lipinski definition) is 2. The van der Waals surface area contributed by atoms with Crippen LogP contribution < -0.4 is 5.32 Å². The number of anilines is 1. The van der Waals surface area contributed by atoms with Gasteiger partial charge in [0.1, 0.15) is 0 Å². The third-order valence-corrected chi connectivity index (χ3v) is 4.18. The molecule has 1 amide bonds. The number of nitrogens with zero attached hydrogens (tertiary/aromatic N) is 1. The highest BCUT2D eigenvalue weighted by Gasteiger charge is 2.11. The number of fused-ring (bicyclic) bond motifs is 1. The maximum absolute atomic E-state index is 12.5. The largest absolute Gasteiger partial charge is 0.322 e. The van der Waals surface area contributed by atoms with Gasteiger partial charge in [0.05, 0.1) is 11.1 Å². The van der Waals surface area contributed by atoms with Crippen LogP contribution in [0, 0.1) is 6.92 Å². The van der Waals surface area contributed by atoms with E-state index in [4.69, 9.17) is 0 Å². The minimum Gasteiger partial charge on any atom is -0.322 e. The van der Waals surface area contributed by atoms with Crippen LogP contribution in [-0.2, 0) is 0 Å². The van der Waals surface area contributed by atoms with Gasteiger partial charge in [-0.1, -0.05) is 34.1 Å². The van der Waals surface area contributed by atoms with Gasteiger partial charge in [0.2, 0.25) is 0 Å². The number of para-hydroxylation sites is 1. The molecular formula is C17H13BrN2O. The first-order valence-electron chi connectivity index (χ1n) is 6.56. The first-order valence-corrected chi connectivity index (χ1v) is 7.36. The van der Waals surface area contributed by atoms with E-state index in [1.165, 1.54) is 0 Å². The van der Waals surface area contributed by atoms with Crippen LogP contribution in [0.5, 0.6) is 0 Å². The van der Waals surface area contributed by atoms with E-state index in [1.54, 1.807) is 12.3 Å². The van der Waals surface area contributed by atoms with Crippen molar-refractivity contribution >= 4 is 38.4 Å². The normalized spacial score (nSPS) is 10.6. The number of nitrogens with one attached hydrogen (secondary N) is 1. The van der Waals surface area contributed by atoms with Gasteiger partial charge >= 0.3 is 0 Å². The van der Waals surface area contributed by atoms with Gasteiger partial charge in [0.25, 0.3) is 5.91 Å². The fraction of sp³-hybridized carbons (Fsp3) is 0.0588. The lowest BCUT2D eigenvalue weighted by atomic mass is 10.1. The van der Waals surface area contributed by atoms with Crippen LogP contribution in [0.3, 0.4) is 0 Å². The number of aryl methyl sites for hydroxylation is 1. The Labute approximate surface area is 131 Å². The SMILES string of the molecule is Cc1cc(NC(=O)c2cccc3cccnc23)ccc1Br. The van der Waals surface area contributed by atoms with E-state index in [2.05, 4.69) is 26.2 Å². The van der Waals surface area contributed by atoms with Crippen molar-refractivity contribution < 1.29 is 4.79 Å². The molecule has 1 aromatic heterocycles. The Kier molecular flexibility index (Phi) is 3.71. The summed E-state index contributed by atoms with van der Waals surface area (Å²) in [5.74, 6) is -0.152. The molecule has 1 heterocycles. The molecule has 0 saturated carbocycles. The average molecular weight is 341 g/mol. The molecule has 0 fully saturated rings. The Bertz CT molecular complexity index is 825. The molecule has 0 saturated heterocycles. The molecule has 0 unspecified atom stereocenters. The monoisotopic (exact) mass is 340 g/mol. The molecule has 3 rings (SSSR count). The highest BCUT2D eigenvalue weighted by molar-refractivity contribution is 9.10. The quantitative estimate of drug-likeness (QED) is 0.743. The molecule has 2 aromatic carbocycles. The van der Waals surface area contributed by atoms with Crippen LogP contribution in [0.15, 0.2) is 59.2 Å². The lowest BCUT2D eigenvalue weighted by molar-refractivity contribution is 0.102. The van der Waals surface area contributed by atoms with Gasteiger partial charge in [0.15, 0.2) is 0 Å². The average Bonchev–Trinajstić information content (AvgIpc) is 2.50. The van der Waals surface area contributed by atoms with Crippen molar-refractivity contribution in [1.82, 2.24) is 4.98 Å². The van der Waals surface area contributed by atoms with E-state index in [0.29, 0.717) is 11.1 Å². The lowest BCUT2D eigenvalue weighted by Gasteiger charge is -2.08. The minimum atomic E-state index is -0.152. The summed E-state index contributed by atoms with van der Waals surface area (Å²) in [6.45, 7) is 1.99. The minimum absolute atomic E-state index is 0.152. The molecule has 3 aromatic rings. The molecule has 0 bridgehead atoms. The van der Waals surface area contributed by atoms with Crippen LogP contribution in [0.1, 0.15) is 15.9 Å². The second-order valence-corrected chi connectivity index (χ2v) is 5.65. The van der Waals surface area contributed by atoms with Crippen LogP contribution >= 0.6 is 15.9 Å². The highest BCUT2D eigenvalue weighted by Crippen LogP contribution is 2.22.